The maximum absolute atomic E-state index is 13.1. The lowest BCUT2D eigenvalue weighted by atomic mass is 10.2. The lowest BCUT2D eigenvalue weighted by Crippen LogP contribution is -2.27. The summed E-state index contributed by atoms with van der Waals surface area (Å²) in [7, 11) is -1.31. The molecule has 0 spiro atoms. The molecule has 1 radical (unpaired) electrons. The third-order valence-corrected chi connectivity index (χ3v) is 3.92. The molecule has 1 aromatic carbocycles. The fourth-order valence-corrected chi connectivity index (χ4v) is 3.09. The second kappa shape index (κ2) is 8.39. The lowest BCUT2D eigenvalue weighted by molar-refractivity contribution is 0.196. The van der Waals surface area contributed by atoms with Crippen LogP contribution in [0.3, 0.4) is 0 Å². The average Bonchev–Trinajstić information content (AvgIpc) is 2.32. The van der Waals surface area contributed by atoms with Crippen molar-refractivity contribution in [3.8, 4) is 0 Å². The molecule has 1 aromatic rings. The smallest absolute Gasteiger partial charge is 0.389 e. The first-order valence-corrected chi connectivity index (χ1v) is 7.64. The van der Waals surface area contributed by atoms with E-state index in [1.807, 2.05) is 6.07 Å². The van der Waals surface area contributed by atoms with Crippen LogP contribution in [0.2, 0.25) is 0 Å². The first-order chi connectivity index (χ1) is 8.26. The van der Waals surface area contributed by atoms with Gasteiger partial charge in [0.15, 0.2) is 0 Å². The highest BCUT2D eigenvalue weighted by Gasteiger charge is 2.16. The monoisotopic (exact) mass is 255 g/mol. The molecule has 0 amide bonds. The highest BCUT2D eigenvalue weighted by atomic mass is 28.3. The fraction of sp³-hybridized carbons (Fsp3) is 0.538. The van der Waals surface area contributed by atoms with Crippen LogP contribution in [0.15, 0.2) is 24.3 Å². The van der Waals surface area contributed by atoms with Gasteiger partial charge in [-0.15, -0.1) is 0 Å². The van der Waals surface area contributed by atoms with Crippen LogP contribution in [0.1, 0.15) is 32.3 Å². The molecule has 0 aliphatic rings. The van der Waals surface area contributed by atoms with Gasteiger partial charge in [-0.05, 0) is 30.5 Å². The molecule has 0 bridgehead atoms. The molecule has 4 heteroatoms. The van der Waals surface area contributed by atoms with Gasteiger partial charge in [-0.3, -0.25) is 0 Å². The van der Waals surface area contributed by atoms with Gasteiger partial charge < -0.3 is 8.85 Å². The van der Waals surface area contributed by atoms with E-state index in [1.165, 1.54) is 6.07 Å². The first-order valence-electron chi connectivity index (χ1n) is 6.12. The minimum atomic E-state index is -1.31. The molecule has 95 valence electrons. The number of rotatable bonds is 8. The summed E-state index contributed by atoms with van der Waals surface area (Å²) in [6.07, 6.45) is 1.96. The summed E-state index contributed by atoms with van der Waals surface area (Å²) >= 11 is 0. The Kier molecular flexibility index (Phi) is 7.08. The molecule has 0 atom stereocenters. The van der Waals surface area contributed by atoms with Gasteiger partial charge in [-0.2, -0.15) is 0 Å². The molecular weight excluding hydrogens is 235 g/mol. The summed E-state index contributed by atoms with van der Waals surface area (Å²) in [4.78, 5) is 0. The molecule has 1 rings (SSSR count). The topological polar surface area (TPSA) is 18.5 Å². The Morgan fingerprint density at radius 3 is 2.29 bits per heavy atom. The molecule has 0 unspecified atom stereocenters. The zero-order valence-corrected chi connectivity index (χ0v) is 11.5. The predicted octanol–water partition coefficient (Wildman–Crippen LogP) is 3.25. The van der Waals surface area contributed by atoms with Crippen LogP contribution in [-0.2, 0) is 14.9 Å². The van der Waals surface area contributed by atoms with Gasteiger partial charge in [-0.1, -0.05) is 26.0 Å². The van der Waals surface area contributed by atoms with Crippen molar-refractivity contribution in [2.75, 3.05) is 13.2 Å². The molecule has 0 aliphatic heterocycles. The molecule has 0 aliphatic carbocycles. The second-order valence-electron chi connectivity index (χ2n) is 3.88. The van der Waals surface area contributed by atoms with Crippen molar-refractivity contribution < 1.29 is 13.2 Å². The van der Waals surface area contributed by atoms with Crippen molar-refractivity contribution >= 4 is 9.28 Å². The van der Waals surface area contributed by atoms with Gasteiger partial charge in [0.25, 0.3) is 0 Å². The highest BCUT2D eigenvalue weighted by Crippen LogP contribution is 2.08. The molecule has 0 fully saturated rings. The van der Waals surface area contributed by atoms with E-state index in [4.69, 9.17) is 8.85 Å². The number of hydrogen-bond acceptors (Lipinski definition) is 2. The minimum Gasteiger partial charge on any atom is -0.393 e. The van der Waals surface area contributed by atoms with E-state index in [0.29, 0.717) is 19.3 Å². The zero-order valence-electron chi connectivity index (χ0n) is 10.5. The van der Waals surface area contributed by atoms with Crippen molar-refractivity contribution in [1.29, 1.82) is 0 Å². The first kappa shape index (κ1) is 14.3. The second-order valence-corrected chi connectivity index (χ2v) is 5.55. The third-order valence-electron chi connectivity index (χ3n) is 2.17. The Morgan fingerprint density at radius 2 is 1.76 bits per heavy atom. The molecule has 0 saturated carbocycles. The zero-order chi connectivity index (χ0) is 12.5. The number of halogens is 1. The Labute approximate surface area is 105 Å². The summed E-state index contributed by atoms with van der Waals surface area (Å²) in [6.45, 7) is 5.57. The summed E-state index contributed by atoms with van der Waals surface area (Å²) in [6, 6.07) is 7.34. The summed E-state index contributed by atoms with van der Waals surface area (Å²) < 4.78 is 24.4. The number of benzene rings is 1. The van der Waals surface area contributed by atoms with Crippen molar-refractivity contribution in [1.82, 2.24) is 0 Å². The van der Waals surface area contributed by atoms with Crippen molar-refractivity contribution in [2.24, 2.45) is 0 Å². The van der Waals surface area contributed by atoms with Crippen LogP contribution in [0.25, 0.3) is 0 Å². The molecule has 0 heterocycles. The predicted molar refractivity (Wildman–Crippen MR) is 68.3 cm³/mol. The molecule has 0 saturated heterocycles. The van der Waals surface area contributed by atoms with Crippen LogP contribution in [0.4, 0.5) is 4.39 Å². The van der Waals surface area contributed by atoms with Gasteiger partial charge in [0.1, 0.15) is 5.82 Å². The Balaban J connectivity index is 2.51. The van der Waals surface area contributed by atoms with E-state index in [9.17, 15) is 4.39 Å². The average molecular weight is 255 g/mol. The van der Waals surface area contributed by atoms with Gasteiger partial charge >= 0.3 is 9.28 Å². The summed E-state index contributed by atoms with van der Waals surface area (Å²) in [5.41, 5.74) is 0.950. The van der Waals surface area contributed by atoms with Gasteiger partial charge in [0, 0.05) is 19.3 Å². The molecule has 0 aromatic heterocycles. The van der Waals surface area contributed by atoms with Crippen LogP contribution in [-0.4, -0.2) is 22.5 Å². The van der Waals surface area contributed by atoms with E-state index in [2.05, 4.69) is 13.8 Å². The van der Waals surface area contributed by atoms with E-state index in [0.717, 1.165) is 18.4 Å². The maximum atomic E-state index is 13.1. The number of hydrogen-bond donors (Lipinski definition) is 0. The van der Waals surface area contributed by atoms with Crippen LogP contribution >= 0.6 is 0 Å². The van der Waals surface area contributed by atoms with E-state index in [1.54, 1.807) is 12.1 Å². The largest absolute Gasteiger partial charge is 0.393 e. The van der Waals surface area contributed by atoms with E-state index in [-0.39, 0.29) is 5.82 Å². The Hall–Kier alpha value is -0.713. The van der Waals surface area contributed by atoms with Gasteiger partial charge in [0.05, 0.1) is 0 Å². The maximum Gasteiger partial charge on any atom is 0.389 e. The minimum absolute atomic E-state index is 0.199. The summed E-state index contributed by atoms with van der Waals surface area (Å²) in [5, 5.41) is 0. The van der Waals surface area contributed by atoms with Crippen LogP contribution in [0.5, 0.6) is 0 Å². The highest BCUT2D eigenvalue weighted by molar-refractivity contribution is 6.43. The lowest BCUT2D eigenvalue weighted by Gasteiger charge is -2.14. The van der Waals surface area contributed by atoms with Gasteiger partial charge in [-0.25, -0.2) is 4.39 Å². The van der Waals surface area contributed by atoms with Crippen molar-refractivity contribution in [3.63, 3.8) is 0 Å². The van der Waals surface area contributed by atoms with Gasteiger partial charge in [0.2, 0.25) is 0 Å². The van der Waals surface area contributed by atoms with Crippen LogP contribution < -0.4 is 0 Å². The molecular formula is C13H20FO2Si. The normalized spacial score (nSPS) is 11.1. The van der Waals surface area contributed by atoms with E-state index >= 15 is 0 Å². The summed E-state index contributed by atoms with van der Waals surface area (Å²) in [5.74, 6) is -0.199. The fourth-order valence-electron chi connectivity index (χ4n) is 1.39. The SMILES string of the molecule is CCCO[Si](Cc1cccc(F)c1)OCCC. The quantitative estimate of drug-likeness (QED) is 0.664. The third kappa shape index (κ3) is 5.96. The Morgan fingerprint density at radius 1 is 1.12 bits per heavy atom. The molecule has 0 N–H and O–H groups in total. The standard InChI is InChI=1S/C13H20FO2Si/c1-3-8-15-17(16-9-4-2)11-12-6-5-7-13(14)10-12/h5-7,10H,3-4,8-9,11H2,1-2H3. The molecule has 2 nitrogen and oxygen atoms in total. The van der Waals surface area contributed by atoms with Crippen molar-refractivity contribution in [3.05, 3.63) is 35.6 Å². The van der Waals surface area contributed by atoms with Crippen molar-refractivity contribution in [2.45, 2.75) is 32.7 Å². The van der Waals surface area contributed by atoms with E-state index < -0.39 is 9.28 Å². The Bertz CT molecular complexity index is 312. The molecule has 17 heavy (non-hydrogen) atoms. The van der Waals surface area contributed by atoms with Crippen LogP contribution in [0, 0.1) is 5.82 Å².